The first kappa shape index (κ1) is 15.8. The van der Waals surface area contributed by atoms with Crippen LogP contribution in [0.4, 0.5) is 14.5 Å². The van der Waals surface area contributed by atoms with Crippen LogP contribution in [0.25, 0.3) is 0 Å². The number of halogens is 3. The predicted octanol–water partition coefficient (Wildman–Crippen LogP) is 4.06. The van der Waals surface area contributed by atoms with Crippen molar-refractivity contribution < 1.29 is 18.4 Å². The molecule has 0 unspecified atom stereocenters. The van der Waals surface area contributed by atoms with E-state index in [0.29, 0.717) is 22.4 Å². The van der Waals surface area contributed by atoms with Crippen LogP contribution in [-0.2, 0) is 6.42 Å². The molecule has 23 heavy (non-hydrogen) atoms. The van der Waals surface area contributed by atoms with Crippen LogP contribution in [0.1, 0.15) is 26.3 Å². The van der Waals surface area contributed by atoms with Crippen LogP contribution in [0.2, 0.25) is 0 Å². The molecule has 0 radical (unpaired) electrons. The molecule has 0 fully saturated rings. The van der Waals surface area contributed by atoms with Crippen LogP contribution in [0.5, 0.6) is 0 Å². The Morgan fingerprint density at radius 3 is 1.91 bits per heavy atom. The monoisotopic (exact) mass is 379 g/mol. The lowest BCUT2D eigenvalue weighted by molar-refractivity contribution is 0.0294. The van der Waals surface area contributed by atoms with Gasteiger partial charge < -0.3 is 0 Å². The van der Waals surface area contributed by atoms with E-state index in [1.807, 2.05) is 0 Å². The van der Waals surface area contributed by atoms with Crippen molar-refractivity contribution in [1.82, 2.24) is 0 Å². The highest BCUT2D eigenvalue weighted by atomic mass is 79.9. The molecule has 1 heterocycles. The molecule has 3 rings (SSSR count). The van der Waals surface area contributed by atoms with Crippen molar-refractivity contribution in [2.24, 2.45) is 0 Å². The summed E-state index contributed by atoms with van der Waals surface area (Å²) >= 11 is 2.78. The zero-order valence-electron chi connectivity index (χ0n) is 11.9. The van der Waals surface area contributed by atoms with Crippen molar-refractivity contribution in [3.8, 4) is 0 Å². The van der Waals surface area contributed by atoms with Crippen LogP contribution >= 0.6 is 15.9 Å². The summed E-state index contributed by atoms with van der Waals surface area (Å²) in [6.07, 6.45) is -0.402. The standard InChI is InChI=1S/C17H12BrF2NO2/c18-10-17(19,20)9-11-5-7-12(8-6-11)21-15(22)13-3-1-2-4-14(13)16(21)23/h1-8H,9-10H2. The molecule has 0 saturated carbocycles. The topological polar surface area (TPSA) is 37.4 Å². The van der Waals surface area contributed by atoms with Crippen LogP contribution in [-0.4, -0.2) is 23.1 Å². The highest BCUT2D eigenvalue weighted by molar-refractivity contribution is 9.09. The van der Waals surface area contributed by atoms with Crippen LogP contribution in [0.15, 0.2) is 48.5 Å². The van der Waals surface area contributed by atoms with E-state index in [1.54, 1.807) is 24.3 Å². The molecule has 0 N–H and O–H groups in total. The quantitative estimate of drug-likeness (QED) is 0.593. The van der Waals surface area contributed by atoms with Gasteiger partial charge in [0.1, 0.15) is 0 Å². The summed E-state index contributed by atoms with van der Waals surface area (Å²) in [5.74, 6) is -3.63. The second kappa shape index (κ2) is 5.85. The second-order valence-electron chi connectivity index (χ2n) is 5.32. The minimum atomic E-state index is -2.84. The van der Waals surface area contributed by atoms with Crippen LogP contribution < -0.4 is 4.90 Å². The van der Waals surface area contributed by atoms with Crippen molar-refractivity contribution >= 4 is 33.4 Å². The van der Waals surface area contributed by atoms with E-state index in [4.69, 9.17) is 0 Å². The first-order valence-electron chi connectivity index (χ1n) is 6.93. The number of hydrogen-bond donors (Lipinski definition) is 0. The molecule has 3 nitrogen and oxygen atoms in total. The normalized spacial score (nSPS) is 14.3. The molecule has 0 aliphatic carbocycles. The number of benzene rings is 2. The lowest BCUT2D eigenvalue weighted by Gasteiger charge is -2.16. The maximum absolute atomic E-state index is 13.4. The van der Waals surface area contributed by atoms with Gasteiger partial charge in [-0.1, -0.05) is 40.2 Å². The molecule has 2 aromatic rings. The average molecular weight is 380 g/mol. The largest absolute Gasteiger partial charge is 0.268 e. The van der Waals surface area contributed by atoms with E-state index in [2.05, 4.69) is 15.9 Å². The fourth-order valence-corrected chi connectivity index (χ4v) is 2.73. The lowest BCUT2D eigenvalue weighted by Crippen LogP contribution is -2.29. The zero-order chi connectivity index (χ0) is 16.6. The number of anilines is 1. The van der Waals surface area contributed by atoms with Crippen LogP contribution in [0.3, 0.4) is 0 Å². The Balaban J connectivity index is 1.87. The Morgan fingerprint density at radius 1 is 0.913 bits per heavy atom. The number of fused-ring (bicyclic) bond motifs is 1. The molecule has 2 aromatic carbocycles. The summed E-state index contributed by atoms with van der Waals surface area (Å²) in [5.41, 5.74) is 1.52. The molecule has 6 heteroatoms. The third kappa shape index (κ3) is 2.91. The second-order valence-corrected chi connectivity index (χ2v) is 5.88. The van der Waals surface area contributed by atoms with E-state index in [-0.39, 0.29) is 0 Å². The van der Waals surface area contributed by atoms with Crippen LogP contribution in [0, 0.1) is 0 Å². The number of rotatable bonds is 4. The molecule has 0 saturated heterocycles. The fourth-order valence-electron chi connectivity index (χ4n) is 2.53. The van der Waals surface area contributed by atoms with Crippen molar-refractivity contribution in [3.63, 3.8) is 0 Å². The number of amides is 2. The molecular formula is C17H12BrF2NO2. The molecule has 118 valence electrons. The minimum Gasteiger partial charge on any atom is -0.268 e. The van der Waals surface area contributed by atoms with E-state index in [9.17, 15) is 18.4 Å². The molecule has 0 aromatic heterocycles. The minimum absolute atomic E-state index is 0.354. The number of hydrogen-bond acceptors (Lipinski definition) is 2. The molecule has 0 bridgehead atoms. The number of carbonyl (C=O) groups is 2. The molecule has 1 aliphatic heterocycles. The fraction of sp³-hybridized carbons (Fsp3) is 0.176. The van der Waals surface area contributed by atoms with Gasteiger partial charge in [0.15, 0.2) is 0 Å². The Hall–Kier alpha value is -2.08. The summed E-state index contributed by atoms with van der Waals surface area (Å²) < 4.78 is 26.8. The van der Waals surface area contributed by atoms with Crippen molar-refractivity contribution in [2.45, 2.75) is 12.3 Å². The Kier molecular flexibility index (Phi) is 4.02. The Bertz CT molecular complexity index is 739. The molecule has 0 spiro atoms. The van der Waals surface area contributed by atoms with Gasteiger partial charge in [-0.2, -0.15) is 0 Å². The van der Waals surface area contributed by atoms with Crippen molar-refractivity contribution in [2.75, 3.05) is 10.2 Å². The maximum atomic E-state index is 13.4. The van der Waals surface area contributed by atoms with Gasteiger partial charge in [-0.3, -0.25) is 9.59 Å². The lowest BCUT2D eigenvalue weighted by atomic mass is 10.1. The Morgan fingerprint density at radius 2 is 1.43 bits per heavy atom. The average Bonchev–Trinajstić information content (AvgIpc) is 2.80. The summed E-state index contributed by atoms with van der Waals surface area (Å²) in [6, 6.07) is 12.6. The molecule has 1 aliphatic rings. The highest BCUT2D eigenvalue weighted by Crippen LogP contribution is 2.29. The third-order valence-electron chi connectivity index (χ3n) is 3.65. The summed E-state index contributed by atoms with van der Waals surface area (Å²) in [4.78, 5) is 25.8. The highest BCUT2D eigenvalue weighted by Gasteiger charge is 2.36. The van der Waals surface area contributed by atoms with Gasteiger partial charge in [0.25, 0.3) is 17.7 Å². The van der Waals surface area contributed by atoms with E-state index >= 15 is 0 Å². The van der Waals surface area contributed by atoms with Crippen molar-refractivity contribution in [3.05, 3.63) is 65.2 Å². The summed E-state index contributed by atoms with van der Waals surface area (Å²) in [5, 5.41) is -0.417. The van der Waals surface area contributed by atoms with Gasteiger partial charge in [-0.25, -0.2) is 13.7 Å². The maximum Gasteiger partial charge on any atom is 0.266 e. The van der Waals surface area contributed by atoms with Gasteiger partial charge in [0.2, 0.25) is 0 Å². The Labute approximate surface area is 140 Å². The first-order chi connectivity index (χ1) is 10.9. The smallest absolute Gasteiger partial charge is 0.266 e. The van der Waals surface area contributed by atoms with Gasteiger partial charge in [0.05, 0.1) is 22.1 Å². The zero-order valence-corrected chi connectivity index (χ0v) is 13.5. The van der Waals surface area contributed by atoms with E-state index < -0.39 is 29.5 Å². The van der Waals surface area contributed by atoms with E-state index in [0.717, 1.165) is 4.90 Å². The first-order valence-corrected chi connectivity index (χ1v) is 8.06. The molecule has 2 amide bonds. The van der Waals surface area contributed by atoms with Crippen molar-refractivity contribution in [1.29, 1.82) is 0 Å². The van der Waals surface area contributed by atoms with Gasteiger partial charge in [-0.15, -0.1) is 0 Å². The number of carbonyl (C=O) groups excluding carboxylic acids is 2. The number of imide groups is 1. The van der Waals surface area contributed by atoms with Gasteiger partial charge >= 0.3 is 0 Å². The summed E-state index contributed by atoms with van der Waals surface area (Å²) in [7, 11) is 0. The van der Waals surface area contributed by atoms with Gasteiger partial charge in [0, 0.05) is 6.42 Å². The predicted molar refractivity (Wildman–Crippen MR) is 86.5 cm³/mol. The SMILES string of the molecule is O=C1c2ccccc2C(=O)N1c1ccc(CC(F)(F)CBr)cc1. The third-order valence-corrected chi connectivity index (χ3v) is 4.47. The number of nitrogens with zero attached hydrogens (tertiary/aromatic N) is 1. The summed E-state index contributed by atoms with van der Waals surface area (Å²) in [6.45, 7) is 0. The van der Waals surface area contributed by atoms with Gasteiger partial charge in [-0.05, 0) is 29.8 Å². The molecular weight excluding hydrogens is 368 g/mol. The molecule has 0 atom stereocenters. The number of alkyl halides is 3. The van der Waals surface area contributed by atoms with E-state index in [1.165, 1.54) is 24.3 Å².